The molecule has 0 saturated heterocycles. The minimum atomic E-state index is 0.833. The van der Waals surface area contributed by atoms with E-state index in [4.69, 9.17) is 4.74 Å². The van der Waals surface area contributed by atoms with Gasteiger partial charge >= 0.3 is 0 Å². The van der Waals surface area contributed by atoms with E-state index in [2.05, 4.69) is 47.3 Å². The Labute approximate surface area is 115 Å². The summed E-state index contributed by atoms with van der Waals surface area (Å²) in [7, 11) is 1.75. The summed E-state index contributed by atoms with van der Waals surface area (Å²) in [4.78, 5) is 0. The van der Waals surface area contributed by atoms with Gasteiger partial charge in [-0.2, -0.15) is 0 Å². The summed E-state index contributed by atoms with van der Waals surface area (Å²) in [5, 5.41) is 4.81. The van der Waals surface area contributed by atoms with E-state index in [1.54, 1.807) is 7.11 Å². The second kappa shape index (κ2) is 7.31. The minimum Gasteiger partial charge on any atom is -0.385 e. The van der Waals surface area contributed by atoms with Crippen molar-refractivity contribution in [3.05, 3.63) is 36.0 Å². The first-order valence-electron chi connectivity index (χ1n) is 7.13. The molecule has 0 spiro atoms. The lowest BCUT2D eigenvalue weighted by Crippen LogP contribution is -2.21. The van der Waals surface area contributed by atoms with Crippen LogP contribution in [-0.2, 0) is 17.7 Å². The van der Waals surface area contributed by atoms with Crippen LogP contribution in [0.3, 0.4) is 0 Å². The molecular weight excluding hydrogens is 236 g/mol. The van der Waals surface area contributed by atoms with Crippen molar-refractivity contribution in [2.24, 2.45) is 0 Å². The lowest BCUT2D eigenvalue weighted by Gasteiger charge is -2.09. The standard InChI is InChI=1S/C16H24N2O/c1-3-14-6-4-7-15-8-11-18(16(14)15)12-10-17-9-5-13-19-2/h4,6-8,11,17H,3,5,9-10,12-13H2,1-2H3. The Kier molecular flexibility index (Phi) is 5.43. The van der Waals surface area contributed by atoms with Crippen molar-refractivity contribution in [1.82, 2.24) is 9.88 Å². The number of methoxy groups -OCH3 is 1. The van der Waals surface area contributed by atoms with E-state index in [9.17, 15) is 0 Å². The fraction of sp³-hybridized carbons (Fsp3) is 0.500. The number of rotatable bonds is 8. The van der Waals surface area contributed by atoms with Gasteiger partial charge in [0.15, 0.2) is 0 Å². The third kappa shape index (κ3) is 3.58. The first kappa shape index (κ1) is 14.1. The zero-order valence-electron chi connectivity index (χ0n) is 12.0. The Hall–Kier alpha value is -1.32. The maximum Gasteiger partial charge on any atom is 0.0513 e. The Morgan fingerprint density at radius 3 is 2.89 bits per heavy atom. The van der Waals surface area contributed by atoms with Crippen molar-refractivity contribution in [2.75, 3.05) is 26.8 Å². The molecule has 2 aromatic rings. The largest absolute Gasteiger partial charge is 0.385 e. The molecule has 1 aromatic carbocycles. The molecule has 0 aliphatic carbocycles. The molecule has 0 aliphatic heterocycles. The van der Waals surface area contributed by atoms with Crippen molar-refractivity contribution in [3.8, 4) is 0 Å². The highest BCUT2D eigenvalue weighted by Gasteiger charge is 2.04. The Bertz CT molecular complexity index is 504. The number of para-hydroxylation sites is 1. The summed E-state index contributed by atoms with van der Waals surface area (Å²) in [6, 6.07) is 8.77. The van der Waals surface area contributed by atoms with Gasteiger partial charge < -0.3 is 14.6 Å². The molecule has 3 heteroatoms. The number of aryl methyl sites for hydroxylation is 1. The molecule has 2 rings (SSSR count). The van der Waals surface area contributed by atoms with Crippen LogP contribution in [-0.4, -0.2) is 31.4 Å². The fourth-order valence-electron chi connectivity index (χ4n) is 2.48. The molecule has 104 valence electrons. The summed E-state index contributed by atoms with van der Waals surface area (Å²) >= 11 is 0. The van der Waals surface area contributed by atoms with E-state index < -0.39 is 0 Å². The Balaban J connectivity index is 1.93. The molecule has 0 amide bonds. The Morgan fingerprint density at radius 2 is 2.11 bits per heavy atom. The molecule has 0 atom stereocenters. The van der Waals surface area contributed by atoms with Gasteiger partial charge in [-0.25, -0.2) is 0 Å². The lowest BCUT2D eigenvalue weighted by molar-refractivity contribution is 0.194. The lowest BCUT2D eigenvalue weighted by atomic mass is 10.1. The molecular formula is C16H24N2O. The molecule has 0 unspecified atom stereocenters. The van der Waals surface area contributed by atoms with Crippen LogP contribution in [0.5, 0.6) is 0 Å². The van der Waals surface area contributed by atoms with Crippen LogP contribution >= 0.6 is 0 Å². The molecule has 0 aliphatic rings. The van der Waals surface area contributed by atoms with Crippen LogP contribution in [0.2, 0.25) is 0 Å². The number of hydrogen-bond acceptors (Lipinski definition) is 2. The predicted molar refractivity (Wildman–Crippen MR) is 80.7 cm³/mol. The highest BCUT2D eigenvalue weighted by Crippen LogP contribution is 2.20. The van der Waals surface area contributed by atoms with Gasteiger partial charge in [-0.05, 0) is 36.4 Å². The van der Waals surface area contributed by atoms with E-state index >= 15 is 0 Å². The van der Waals surface area contributed by atoms with E-state index in [-0.39, 0.29) is 0 Å². The van der Waals surface area contributed by atoms with Crippen molar-refractivity contribution in [2.45, 2.75) is 26.3 Å². The number of fused-ring (bicyclic) bond motifs is 1. The monoisotopic (exact) mass is 260 g/mol. The van der Waals surface area contributed by atoms with Gasteiger partial charge in [-0.1, -0.05) is 25.1 Å². The SMILES string of the molecule is CCc1cccc2ccn(CCNCCCOC)c12. The number of aromatic nitrogens is 1. The number of ether oxygens (including phenoxy) is 1. The maximum absolute atomic E-state index is 5.04. The molecule has 0 radical (unpaired) electrons. The number of benzene rings is 1. The average Bonchev–Trinajstić information content (AvgIpc) is 2.86. The first-order chi connectivity index (χ1) is 9.36. The van der Waals surface area contributed by atoms with Crippen molar-refractivity contribution in [1.29, 1.82) is 0 Å². The van der Waals surface area contributed by atoms with Crippen LogP contribution in [0, 0.1) is 0 Å². The minimum absolute atomic E-state index is 0.833. The van der Waals surface area contributed by atoms with Gasteiger partial charge in [0.2, 0.25) is 0 Å². The number of hydrogen-bond donors (Lipinski definition) is 1. The van der Waals surface area contributed by atoms with E-state index in [0.29, 0.717) is 0 Å². The molecule has 0 saturated carbocycles. The van der Waals surface area contributed by atoms with Crippen molar-refractivity contribution >= 4 is 10.9 Å². The predicted octanol–water partition coefficient (Wildman–Crippen LogP) is 2.83. The normalized spacial score (nSPS) is 11.3. The van der Waals surface area contributed by atoms with Crippen LogP contribution in [0.4, 0.5) is 0 Å². The summed E-state index contributed by atoms with van der Waals surface area (Å²) in [6.45, 7) is 6.10. The summed E-state index contributed by atoms with van der Waals surface area (Å²) < 4.78 is 7.40. The highest BCUT2D eigenvalue weighted by molar-refractivity contribution is 5.83. The zero-order valence-corrected chi connectivity index (χ0v) is 12.0. The third-order valence-corrected chi connectivity index (χ3v) is 3.48. The fourth-order valence-corrected chi connectivity index (χ4v) is 2.48. The molecule has 0 fully saturated rings. The van der Waals surface area contributed by atoms with Gasteiger partial charge in [0.05, 0.1) is 5.52 Å². The summed E-state index contributed by atoms with van der Waals surface area (Å²) in [5.74, 6) is 0. The summed E-state index contributed by atoms with van der Waals surface area (Å²) in [6.07, 6.45) is 4.35. The number of nitrogens with zero attached hydrogens (tertiary/aromatic N) is 1. The van der Waals surface area contributed by atoms with E-state index in [1.807, 2.05) is 0 Å². The van der Waals surface area contributed by atoms with E-state index in [0.717, 1.165) is 39.1 Å². The van der Waals surface area contributed by atoms with Gasteiger partial charge in [0, 0.05) is 33.0 Å². The smallest absolute Gasteiger partial charge is 0.0513 e. The maximum atomic E-state index is 5.04. The van der Waals surface area contributed by atoms with Gasteiger partial charge in [0.25, 0.3) is 0 Å². The van der Waals surface area contributed by atoms with Gasteiger partial charge in [-0.3, -0.25) is 0 Å². The van der Waals surface area contributed by atoms with Crippen molar-refractivity contribution in [3.63, 3.8) is 0 Å². The third-order valence-electron chi connectivity index (χ3n) is 3.48. The van der Waals surface area contributed by atoms with Crippen LogP contribution in [0.15, 0.2) is 30.5 Å². The topological polar surface area (TPSA) is 26.2 Å². The van der Waals surface area contributed by atoms with Crippen LogP contribution in [0.25, 0.3) is 10.9 Å². The van der Waals surface area contributed by atoms with E-state index in [1.165, 1.54) is 16.5 Å². The summed E-state index contributed by atoms with van der Waals surface area (Å²) in [5.41, 5.74) is 2.82. The molecule has 1 N–H and O–H groups in total. The average molecular weight is 260 g/mol. The molecule has 3 nitrogen and oxygen atoms in total. The second-order valence-corrected chi connectivity index (χ2v) is 4.81. The second-order valence-electron chi connectivity index (χ2n) is 4.81. The molecule has 19 heavy (non-hydrogen) atoms. The molecule has 0 bridgehead atoms. The Morgan fingerprint density at radius 1 is 1.21 bits per heavy atom. The quantitative estimate of drug-likeness (QED) is 0.739. The van der Waals surface area contributed by atoms with Crippen LogP contribution in [0.1, 0.15) is 18.9 Å². The highest BCUT2D eigenvalue weighted by atomic mass is 16.5. The van der Waals surface area contributed by atoms with Crippen molar-refractivity contribution < 1.29 is 4.74 Å². The first-order valence-corrected chi connectivity index (χ1v) is 7.13. The number of nitrogens with one attached hydrogen (secondary N) is 1. The van der Waals surface area contributed by atoms with Gasteiger partial charge in [0.1, 0.15) is 0 Å². The van der Waals surface area contributed by atoms with Gasteiger partial charge in [-0.15, -0.1) is 0 Å². The zero-order chi connectivity index (χ0) is 13.5. The molecule has 1 aromatic heterocycles. The molecule has 1 heterocycles. The van der Waals surface area contributed by atoms with Crippen LogP contribution < -0.4 is 5.32 Å².